The standard InChI is InChI=1S/C5H11NO2.C2H5Cl/c1-5(2,6)3-4(7)8;1-2-3/h3,6H2,1-2H3,(H,7,8);2H2,1H3. The van der Waals surface area contributed by atoms with Gasteiger partial charge in [0.15, 0.2) is 0 Å². The molecule has 0 aliphatic rings. The minimum Gasteiger partial charge on any atom is -0.481 e. The van der Waals surface area contributed by atoms with Crippen molar-refractivity contribution in [3.05, 3.63) is 0 Å². The molecule has 4 heteroatoms. The SMILES string of the molecule is CC(C)(N)CC(=O)O.CCCl. The molecule has 0 spiro atoms. The zero-order valence-corrected chi connectivity index (χ0v) is 7.98. The Morgan fingerprint density at radius 3 is 1.91 bits per heavy atom. The molecule has 68 valence electrons. The Hall–Kier alpha value is -0.280. The Labute approximate surface area is 72.5 Å². The summed E-state index contributed by atoms with van der Waals surface area (Å²) < 4.78 is 0. The average molecular weight is 182 g/mol. The van der Waals surface area contributed by atoms with Gasteiger partial charge in [-0.05, 0) is 13.8 Å². The minimum absolute atomic E-state index is 0.0208. The topological polar surface area (TPSA) is 63.3 Å². The summed E-state index contributed by atoms with van der Waals surface area (Å²) in [5.41, 5.74) is 4.78. The zero-order valence-electron chi connectivity index (χ0n) is 7.22. The van der Waals surface area contributed by atoms with Crippen LogP contribution in [0.3, 0.4) is 0 Å². The molecule has 0 aliphatic heterocycles. The van der Waals surface area contributed by atoms with Crippen LogP contribution in [0.5, 0.6) is 0 Å². The molecule has 0 aromatic rings. The predicted octanol–water partition coefficient (Wildman–Crippen LogP) is 1.44. The van der Waals surface area contributed by atoms with Crippen molar-refractivity contribution < 1.29 is 9.90 Å². The molecule has 0 saturated heterocycles. The van der Waals surface area contributed by atoms with Crippen LogP contribution in [0.1, 0.15) is 27.2 Å². The van der Waals surface area contributed by atoms with E-state index in [1.807, 2.05) is 6.92 Å². The van der Waals surface area contributed by atoms with Crippen LogP contribution in [0.25, 0.3) is 0 Å². The number of rotatable bonds is 2. The lowest BCUT2D eigenvalue weighted by Gasteiger charge is -2.13. The molecule has 0 unspecified atom stereocenters. The lowest BCUT2D eigenvalue weighted by molar-refractivity contribution is -0.138. The van der Waals surface area contributed by atoms with E-state index in [0.717, 1.165) is 5.88 Å². The maximum absolute atomic E-state index is 9.93. The number of hydrogen-bond donors (Lipinski definition) is 2. The van der Waals surface area contributed by atoms with Crippen LogP contribution in [-0.4, -0.2) is 22.5 Å². The van der Waals surface area contributed by atoms with Crippen LogP contribution in [-0.2, 0) is 4.79 Å². The van der Waals surface area contributed by atoms with Gasteiger partial charge in [0.05, 0.1) is 6.42 Å². The second-order valence-corrected chi connectivity index (χ2v) is 3.36. The van der Waals surface area contributed by atoms with Gasteiger partial charge < -0.3 is 10.8 Å². The fraction of sp³-hybridized carbons (Fsp3) is 0.857. The Morgan fingerprint density at radius 1 is 1.64 bits per heavy atom. The van der Waals surface area contributed by atoms with Crippen LogP contribution < -0.4 is 5.73 Å². The maximum atomic E-state index is 9.93. The highest BCUT2D eigenvalue weighted by molar-refractivity contribution is 6.17. The molecule has 0 bridgehead atoms. The molecule has 3 N–H and O–H groups in total. The number of halogens is 1. The van der Waals surface area contributed by atoms with E-state index in [-0.39, 0.29) is 6.42 Å². The van der Waals surface area contributed by atoms with Gasteiger partial charge in [-0.2, -0.15) is 0 Å². The molecular weight excluding hydrogens is 166 g/mol. The maximum Gasteiger partial charge on any atom is 0.305 e. The Bertz CT molecular complexity index is 109. The number of carboxylic acid groups (broad SMARTS) is 1. The molecule has 0 atom stereocenters. The number of aliphatic carboxylic acids is 1. The van der Waals surface area contributed by atoms with Gasteiger partial charge in [-0.15, -0.1) is 11.6 Å². The van der Waals surface area contributed by atoms with Crippen LogP contribution in [0, 0.1) is 0 Å². The van der Waals surface area contributed by atoms with Crippen molar-refractivity contribution in [2.45, 2.75) is 32.7 Å². The van der Waals surface area contributed by atoms with E-state index in [1.54, 1.807) is 13.8 Å². The molecule has 0 heterocycles. The van der Waals surface area contributed by atoms with Crippen molar-refractivity contribution in [2.75, 3.05) is 5.88 Å². The van der Waals surface area contributed by atoms with Gasteiger partial charge in [0.1, 0.15) is 0 Å². The molecule has 0 amide bonds. The summed E-state index contributed by atoms with van der Waals surface area (Å²) in [7, 11) is 0. The van der Waals surface area contributed by atoms with Crippen molar-refractivity contribution in [1.29, 1.82) is 0 Å². The molecule has 0 radical (unpaired) electrons. The van der Waals surface area contributed by atoms with Crippen molar-refractivity contribution in [3.8, 4) is 0 Å². The fourth-order valence-electron chi connectivity index (χ4n) is 0.390. The van der Waals surface area contributed by atoms with Crippen LogP contribution >= 0.6 is 11.6 Å². The zero-order chi connectivity index (χ0) is 9.49. The molecule has 0 aromatic heterocycles. The van der Waals surface area contributed by atoms with Gasteiger partial charge in [0.25, 0.3) is 0 Å². The van der Waals surface area contributed by atoms with Crippen molar-refractivity contribution in [3.63, 3.8) is 0 Å². The van der Waals surface area contributed by atoms with Gasteiger partial charge in [0.2, 0.25) is 0 Å². The summed E-state index contributed by atoms with van der Waals surface area (Å²) in [5.74, 6) is -0.127. The summed E-state index contributed by atoms with van der Waals surface area (Å²) in [5, 5.41) is 8.17. The molecule has 3 nitrogen and oxygen atoms in total. The van der Waals surface area contributed by atoms with Gasteiger partial charge in [0, 0.05) is 11.4 Å². The smallest absolute Gasteiger partial charge is 0.305 e. The van der Waals surface area contributed by atoms with Gasteiger partial charge in [-0.25, -0.2) is 0 Å². The number of carbonyl (C=O) groups is 1. The highest BCUT2D eigenvalue weighted by Crippen LogP contribution is 2.01. The Morgan fingerprint density at radius 2 is 1.91 bits per heavy atom. The molecule has 11 heavy (non-hydrogen) atoms. The first-order valence-corrected chi connectivity index (χ1v) is 3.93. The third kappa shape index (κ3) is 26.0. The highest BCUT2D eigenvalue weighted by Gasteiger charge is 2.14. The lowest BCUT2D eigenvalue weighted by atomic mass is 10.0. The first-order valence-electron chi connectivity index (χ1n) is 3.40. The van der Waals surface area contributed by atoms with E-state index in [2.05, 4.69) is 0 Å². The van der Waals surface area contributed by atoms with Crippen molar-refractivity contribution >= 4 is 17.6 Å². The fourth-order valence-corrected chi connectivity index (χ4v) is 0.390. The first-order chi connectivity index (χ1) is 4.83. The Balaban J connectivity index is 0. The normalized spacial score (nSPS) is 9.91. The monoisotopic (exact) mass is 181 g/mol. The summed E-state index contributed by atoms with van der Waals surface area (Å²) in [6.07, 6.45) is 0.0208. The average Bonchev–Trinajstić information content (AvgIpc) is 1.57. The first kappa shape index (κ1) is 13.3. The highest BCUT2D eigenvalue weighted by atomic mass is 35.5. The van der Waals surface area contributed by atoms with Crippen LogP contribution in [0.2, 0.25) is 0 Å². The molecule has 0 saturated carbocycles. The van der Waals surface area contributed by atoms with Gasteiger partial charge >= 0.3 is 5.97 Å². The minimum atomic E-state index is -0.850. The van der Waals surface area contributed by atoms with Crippen molar-refractivity contribution in [1.82, 2.24) is 0 Å². The molecule has 0 aromatic carbocycles. The third-order valence-corrected chi connectivity index (χ3v) is 0.607. The van der Waals surface area contributed by atoms with E-state index >= 15 is 0 Å². The second kappa shape index (κ2) is 6.43. The van der Waals surface area contributed by atoms with Crippen LogP contribution in [0.4, 0.5) is 0 Å². The second-order valence-electron chi connectivity index (χ2n) is 2.83. The van der Waals surface area contributed by atoms with E-state index < -0.39 is 11.5 Å². The van der Waals surface area contributed by atoms with E-state index in [9.17, 15) is 4.79 Å². The molecule has 0 rings (SSSR count). The van der Waals surface area contributed by atoms with E-state index in [1.165, 1.54) is 0 Å². The number of nitrogens with two attached hydrogens (primary N) is 1. The molecular formula is C7H16ClNO2. The molecule has 0 aliphatic carbocycles. The third-order valence-electron chi connectivity index (χ3n) is 0.607. The van der Waals surface area contributed by atoms with Gasteiger partial charge in [-0.3, -0.25) is 4.79 Å². The number of alkyl halides is 1. The molecule has 0 fully saturated rings. The summed E-state index contributed by atoms with van der Waals surface area (Å²) in [6, 6.07) is 0. The summed E-state index contributed by atoms with van der Waals surface area (Å²) >= 11 is 5.00. The predicted molar refractivity (Wildman–Crippen MR) is 46.9 cm³/mol. The van der Waals surface area contributed by atoms with Gasteiger partial charge in [-0.1, -0.05) is 6.92 Å². The van der Waals surface area contributed by atoms with E-state index in [0.29, 0.717) is 0 Å². The lowest BCUT2D eigenvalue weighted by Crippen LogP contribution is -2.34. The van der Waals surface area contributed by atoms with Crippen molar-refractivity contribution in [2.24, 2.45) is 5.73 Å². The summed E-state index contributed by atoms with van der Waals surface area (Å²) in [6.45, 7) is 5.25. The summed E-state index contributed by atoms with van der Waals surface area (Å²) in [4.78, 5) is 9.93. The number of hydrogen-bond acceptors (Lipinski definition) is 2. The Kier molecular flexibility index (Phi) is 7.79. The largest absolute Gasteiger partial charge is 0.481 e. The number of carboxylic acids is 1. The van der Waals surface area contributed by atoms with E-state index in [4.69, 9.17) is 22.4 Å². The van der Waals surface area contributed by atoms with Crippen LogP contribution in [0.15, 0.2) is 0 Å². The quantitative estimate of drug-likeness (QED) is 0.634.